The molecule has 0 spiro atoms. The van der Waals surface area contributed by atoms with E-state index in [2.05, 4.69) is 194 Å². The average Bonchev–Trinajstić information content (AvgIpc) is 3.94. The summed E-state index contributed by atoms with van der Waals surface area (Å²) in [5, 5.41) is 5.07. The Labute approximate surface area is 360 Å². The Kier molecular flexibility index (Phi) is 8.80. The number of nitrogens with zero attached hydrogens (tertiary/aromatic N) is 3. The highest BCUT2D eigenvalue weighted by Crippen LogP contribution is 2.51. The third-order valence-electron chi connectivity index (χ3n) is 12.4. The van der Waals surface area contributed by atoms with Crippen LogP contribution in [0.1, 0.15) is 38.8 Å². The molecule has 8 aromatic carbocycles. The molecule has 4 heteroatoms. The summed E-state index contributed by atoms with van der Waals surface area (Å²) in [6.07, 6.45) is 0. The van der Waals surface area contributed by atoms with Crippen molar-refractivity contribution in [3.8, 4) is 61.8 Å². The number of hydrogen-bond acceptors (Lipinski definition) is 3. The van der Waals surface area contributed by atoms with Crippen LogP contribution in [-0.4, -0.2) is 14.5 Å². The second-order valence-corrected chi connectivity index (χ2v) is 17.2. The van der Waals surface area contributed by atoms with E-state index >= 15 is 0 Å². The molecule has 0 aliphatic heterocycles. The predicted octanol–water partition coefficient (Wildman–Crippen LogP) is 15.9. The van der Waals surface area contributed by atoms with Crippen molar-refractivity contribution in [3.05, 3.63) is 199 Å². The van der Waals surface area contributed by atoms with Crippen molar-refractivity contribution in [1.82, 2.24) is 14.5 Å². The van der Waals surface area contributed by atoms with Crippen LogP contribution in [0, 0.1) is 0 Å². The number of benzene rings is 8. The van der Waals surface area contributed by atoms with Crippen LogP contribution >= 0.6 is 11.3 Å². The molecular formula is C57H43N3S. The smallest absolute Gasteiger partial charge is 0.160 e. The molecule has 0 amide bonds. The zero-order chi connectivity index (χ0) is 41.2. The lowest BCUT2D eigenvalue weighted by atomic mass is 9.82. The van der Waals surface area contributed by atoms with Crippen LogP contribution in [0.15, 0.2) is 188 Å². The van der Waals surface area contributed by atoms with Gasteiger partial charge in [-0.2, -0.15) is 0 Å². The maximum atomic E-state index is 5.20. The molecule has 0 fully saturated rings. The first kappa shape index (κ1) is 36.9. The molecule has 0 radical (unpaired) electrons. The van der Waals surface area contributed by atoms with E-state index in [9.17, 15) is 0 Å². The van der Waals surface area contributed by atoms with Crippen molar-refractivity contribution in [2.75, 3.05) is 0 Å². The second kappa shape index (κ2) is 14.5. The van der Waals surface area contributed by atoms with Gasteiger partial charge in [0.1, 0.15) is 0 Å². The maximum absolute atomic E-state index is 5.20. The van der Waals surface area contributed by atoms with Crippen LogP contribution in [0.4, 0.5) is 0 Å². The molecule has 292 valence electrons. The van der Waals surface area contributed by atoms with Crippen LogP contribution in [0.5, 0.6) is 0 Å². The largest absolute Gasteiger partial charge is 0.309 e. The van der Waals surface area contributed by atoms with E-state index in [-0.39, 0.29) is 5.41 Å². The molecule has 3 aromatic heterocycles. The minimum Gasteiger partial charge on any atom is -0.309 e. The number of aromatic nitrogens is 3. The fourth-order valence-corrected chi connectivity index (χ4v) is 10.7. The van der Waals surface area contributed by atoms with Gasteiger partial charge in [-0.1, -0.05) is 167 Å². The van der Waals surface area contributed by atoms with Crippen molar-refractivity contribution >= 4 is 53.3 Å². The van der Waals surface area contributed by atoms with Gasteiger partial charge >= 0.3 is 0 Å². The Morgan fingerprint density at radius 2 is 1.05 bits per heavy atom. The van der Waals surface area contributed by atoms with Crippen LogP contribution in [0.3, 0.4) is 0 Å². The molecule has 11 aromatic rings. The van der Waals surface area contributed by atoms with E-state index in [0.29, 0.717) is 5.82 Å². The summed E-state index contributed by atoms with van der Waals surface area (Å²) in [7, 11) is 0. The Morgan fingerprint density at radius 3 is 1.80 bits per heavy atom. The highest BCUT2D eigenvalue weighted by molar-refractivity contribution is 7.26. The van der Waals surface area contributed by atoms with Gasteiger partial charge in [-0.3, -0.25) is 0 Å². The highest BCUT2D eigenvalue weighted by atomic mass is 32.1. The standard InChI is InChI=1S/C55H37N3S.C2H6/c1-55(2)46-25-12-9-22-39(46)43-31-44-40-23-10-13-26-50(40)58(51(44)32-47(43)55)38-29-42(53-45(30-38)41-24-11-14-27-52(41)59-53)36-20-15-21-37(28-36)54-56-48(34-16-5-3-6-17-34)33-49(57-54)35-18-7-4-8-19-35;1-2/h3-33H,1-2H3;1-2H3. The lowest BCUT2D eigenvalue weighted by Gasteiger charge is -2.21. The third-order valence-corrected chi connectivity index (χ3v) is 13.6. The Bertz CT molecular complexity index is 3410. The van der Waals surface area contributed by atoms with Gasteiger partial charge in [-0.25, -0.2) is 9.97 Å². The molecule has 1 aliphatic carbocycles. The summed E-state index contributed by atoms with van der Waals surface area (Å²) in [4.78, 5) is 10.4. The molecule has 0 saturated carbocycles. The topological polar surface area (TPSA) is 30.7 Å². The van der Waals surface area contributed by atoms with Gasteiger partial charge in [-0.05, 0) is 76.3 Å². The van der Waals surface area contributed by atoms with E-state index in [1.165, 1.54) is 69.8 Å². The second-order valence-electron chi connectivity index (χ2n) is 16.2. The van der Waals surface area contributed by atoms with Crippen LogP contribution < -0.4 is 0 Å². The quantitative estimate of drug-likeness (QED) is 0.174. The zero-order valence-electron chi connectivity index (χ0n) is 34.6. The first-order chi connectivity index (χ1) is 30.0. The summed E-state index contributed by atoms with van der Waals surface area (Å²) in [5.74, 6) is 0.704. The van der Waals surface area contributed by atoms with E-state index in [0.717, 1.165) is 39.3 Å². The Balaban J connectivity index is 0.00000207. The normalized spacial score (nSPS) is 12.7. The first-order valence-electron chi connectivity index (χ1n) is 21.2. The van der Waals surface area contributed by atoms with Crippen molar-refractivity contribution in [2.24, 2.45) is 0 Å². The predicted molar refractivity (Wildman–Crippen MR) is 260 cm³/mol. The fourth-order valence-electron chi connectivity index (χ4n) is 9.51. The molecule has 0 bridgehead atoms. The van der Waals surface area contributed by atoms with E-state index in [4.69, 9.17) is 9.97 Å². The zero-order valence-corrected chi connectivity index (χ0v) is 35.5. The first-order valence-corrected chi connectivity index (χ1v) is 22.1. The van der Waals surface area contributed by atoms with Gasteiger partial charge in [0.25, 0.3) is 0 Å². The summed E-state index contributed by atoms with van der Waals surface area (Å²) in [5.41, 5.74) is 16.1. The number of rotatable bonds is 5. The highest BCUT2D eigenvalue weighted by Gasteiger charge is 2.36. The molecule has 0 N–H and O–H groups in total. The van der Waals surface area contributed by atoms with Gasteiger partial charge in [0, 0.05) is 64.3 Å². The van der Waals surface area contributed by atoms with Crippen molar-refractivity contribution in [1.29, 1.82) is 0 Å². The molecule has 3 nitrogen and oxygen atoms in total. The minimum atomic E-state index is -0.110. The fraction of sp³-hybridized carbons (Fsp3) is 0.0877. The van der Waals surface area contributed by atoms with Crippen LogP contribution in [0.2, 0.25) is 0 Å². The maximum Gasteiger partial charge on any atom is 0.160 e. The molecular weight excluding hydrogens is 759 g/mol. The van der Waals surface area contributed by atoms with Crippen molar-refractivity contribution in [3.63, 3.8) is 0 Å². The lowest BCUT2D eigenvalue weighted by Crippen LogP contribution is -2.14. The van der Waals surface area contributed by atoms with E-state index in [1.54, 1.807) is 0 Å². The summed E-state index contributed by atoms with van der Waals surface area (Å²) in [6, 6.07) is 68.1. The molecule has 3 heterocycles. The van der Waals surface area contributed by atoms with E-state index < -0.39 is 0 Å². The van der Waals surface area contributed by atoms with Gasteiger partial charge < -0.3 is 4.57 Å². The summed E-state index contributed by atoms with van der Waals surface area (Å²) >= 11 is 1.87. The number of thiophene rings is 1. The summed E-state index contributed by atoms with van der Waals surface area (Å²) in [6.45, 7) is 8.74. The molecule has 0 atom stereocenters. The van der Waals surface area contributed by atoms with Gasteiger partial charge in [0.05, 0.1) is 22.4 Å². The third kappa shape index (κ3) is 5.93. The summed E-state index contributed by atoms with van der Waals surface area (Å²) < 4.78 is 5.05. The number of para-hydroxylation sites is 1. The van der Waals surface area contributed by atoms with Gasteiger partial charge in [0.15, 0.2) is 5.82 Å². The van der Waals surface area contributed by atoms with Gasteiger partial charge in [-0.15, -0.1) is 11.3 Å². The Morgan fingerprint density at radius 1 is 0.426 bits per heavy atom. The lowest BCUT2D eigenvalue weighted by molar-refractivity contribution is 0.661. The van der Waals surface area contributed by atoms with E-state index in [1.807, 2.05) is 37.3 Å². The van der Waals surface area contributed by atoms with Crippen molar-refractivity contribution < 1.29 is 0 Å². The molecule has 0 saturated heterocycles. The number of hydrogen-bond donors (Lipinski definition) is 0. The number of fused-ring (bicyclic) bond motifs is 9. The molecule has 0 unspecified atom stereocenters. The molecule has 12 rings (SSSR count). The monoisotopic (exact) mass is 801 g/mol. The van der Waals surface area contributed by atoms with Crippen LogP contribution in [0.25, 0.3) is 104 Å². The molecule has 61 heavy (non-hydrogen) atoms. The SMILES string of the molecule is CC.CC1(C)c2ccccc2-c2cc3c4ccccc4n(-c4cc(-c5cccc(-c6nc(-c7ccccc7)cc(-c7ccccc7)n6)c5)c5sc6ccccc6c5c4)c3cc21. The molecule has 1 aliphatic rings. The minimum absolute atomic E-state index is 0.110. The van der Waals surface area contributed by atoms with Crippen LogP contribution in [-0.2, 0) is 5.41 Å². The average molecular weight is 802 g/mol. The van der Waals surface area contributed by atoms with Crippen molar-refractivity contribution in [2.45, 2.75) is 33.1 Å². The van der Waals surface area contributed by atoms with Gasteiger partial charge in [0.2, 0.25) is 0 Å². The Hall–Kier alpha value is -7.14.